The maximum Gasteiger partial charge on any atom is 0.387 e. The number of ether oxygens (including phenoxy) is 2. The summed E-state index contributed by atoms with van der Waals surface area (Å²) in [6.45, 7) is -1.38. The molecule has 0 spiro atoms. The molecule has 1 heterocycles. The third-order valence-corrected chi connectivity index (χ3v) is 4.49. The number of pyridine rings is 1. The van der Waals surface area contributed by atoms with E-state index >= 15 is 0 Å². The van der Waals surface area contributed by atoms with Crippen LogP contribution in [0.4, 0.5) is 8.78 Å². The number of amides is 1. The molecule has 2 rings (SSSR count). The Kier molecular flexibility index (Phi) is 6.09. The van der Waals surface area contributed by atoms with E-state index in [-0.39, 0.29) is 28.5 Å². The first-order chi connectivity index (χ1) is 12.2. The van der Waals surface area contributed by atoms with E-state index in [2.05, 4.69) is 9.72 Å². The lowest BCUT2D eigenvalue weighted by Gasteiger charge is -2.12. The summed E-state index contributed by atoms with van der Waals surface area (Å²) in [5.74, 6) is -1.04. The van der Waals surface area contributed by atoms with Gasteiger partial charge in [-0.3, -0.25) is 4.79 Å². The Balaban J connectivity index is 2.14. The molecule has 140 valence electrons. The third-order valence-electron chi connectivity index (χ3n) is 3.22. The molecule has 2 aromatic rings. The van der Waals surface area contributed by atoms with Crippen LogP contribution in [-0.4, -0.2) is 33.0 Å². The van der Waals surface area contributed by atoms with Gasteiger partial charge in [-0.2, -0.15) is 17.2 Å². The number of rotatable bonds is 7. The Bertz CT molecular complexity index is 903. The van der Waals surface area contributed by atoms with E-state index in [0.29, 0.717) is 5.56 Å². The maximum absolute atomic E-state index is 12.4. The van der Waals surface area contributed by atoms with Crippen LogP contribution in [0.2, 0.25) is 0 Å². The molecule has 1 N–H and O–H groups in total. The predicted octanol–water partition coefficient (Wildman–Crippen LogP) is 2.05. The molecule has 0 radical (unpaired) electrons. The second-order valence-electron chi connectivity index (χ2n) is 5.24. The minimum atomic E-state index is -4.13. The molecule has 0 saturated carbocycles. The third kappa shape index (κ3) is 5.12. The van der Waals surface area contributed by atoms with Gasteiger partial charge in [0.2, 0.25) is 5.91 Å². The number of aryl methyl sites for hydroxylation is 1. The van der Waals surface area contributed by atoms with Gasteiger partial charge in [-0.15, -0.1) is 0 Å². The zero-order valence-corrected chi connectivity index (χ0v) is 14.7. The van der Waals surface area contributed by atoms with E-state index in [4.69, 9.17) is 4.74 Å². The van der Waals surface area contributed by atoms with Crippen LogP contribution < -0.4 is 14.2 Å². The molecule has 0 aliphatic carbocycles. The minimum absolute atomic E-state index is 0.0611. The predicted molar refractivity (Wildman–Crippen MR) is 87.6 cm³/mol. The van der Waals surface area contributed by atoms with Gasteiger partial charge in [0, 0.05) is 6.20 Å². The monoisotopic (exact) mass is 386 g/mol. The highest BCUT2D eigenvalue weighted by molar-refractivity contribution is 7.90. The summed E-state index contributed by atoms with van der Waals surface area (Å²) in [4.78, 5) is 15.8. The second kappa shape index (κ2) is 8.09. The molecule has 7 nitrogen and oxygen atoms in total. The van der Waals surface area contributed by atoms with Gasteiger partial charge in [0.15, 0.2) is 16.5 Å². The van der Waals surface area contributed by atoms with Gasteiger partial charge in [0.05, 0.1) is 13.5 Å². The van der Waals surface area contributed by atoms with Crippen LogP contribution in [0.15, 0.2) is 41.6 Å². The molecule has 10 heteroatoms. The Morgan fingerprint density at radius 1 is 1.23 bits per heavy atom. The van der Waals surface area contributed by atoms with Crippen molar-refractivity contribution in [2.24, 2.45) is 0 Å². The van der Waals surface area contributed by atoms with Crippen molar-refractivity contribution < 1.29 is 31.5 Å². The van der Waals surface area contributed by atoms with E-state index in [1.807, 2.05) is 4.72 Å². The topological polar surface area (TPSA) is 94.6 Å². The lowest BCUT2D eigenvalue weighted by molar-refractivity contribution is -0.118. The highest BCUT2D eigenvalue weighted by atomic mass is 32.2. The fraction of sp³-hybridized carbons (Fsp3) is 0.250. The number of halogens is 2. The molecular formula is C16H16F2N2O5S. The van der Waals surface area contributed by atoms with Crippen LogP contribution in [0.1, 0.15) is 11.1 Å². The number of carbonyl (C=O) groups is 1. The molecule has 0 aliphatic heterocycles. The summed E-state index contributed by atoms with van der Waals surface area (Å²) in [6, 6.07) is 6.90. The lowest BCUT2D eigenvalue weighted by Crippen LogP contribution is -2.32. The van der Waals surface area contributed by atoms with Gasteiger partial charge in [0.25, 0.3) is 10.0 Å². The van der Waals surface area contributed by atoms with Crippen LogP contribution in [0, 0.1) is 6.92 Å². The lowest BCUT2D eigenvalue weighted by atomic mass is 10.1. The van der Waals surface area contributed by atoms with Gasteiger partial charge in [0.1, 0.15) is 0 Å². The molecule has 0 bridgehead atoms. The van der Waals surface area contributed by atoms with Crippen molar-refractivity contribution in [1.29, 1.82) is 0 Å². The van der Waals surface area contributed by atoms with Gasteiger partial charge in [-0.25, -0.2) is 9.71 Å². The normalized spacial score (nSPS) is 11.3. The summed E-state index contributed by atoms with van der Waals surface area (Å²) in [7, 11) is -2.85. The average Bonchev–Trinajstić information content (AvgIpc) is 2.54. The van der Waals surface area contributed by atoms with E-state index < -0.39 is 22.5 Å². The average molecular weight is 386 g/mol. The summed E-state index contributed by atoms with van der Waals surface area (Å²) in [5.41, 5.74) is 0.933. The number of alkyl halides is 2. The van der Waals surface area contributed by atoms with E-state index in [1.165, 1.54) is 37.6 Å². The van der Waals surface area contributed by atoms with Crippen molar-refractivity contribution in [3.05, 3.63) is 47.7 Å². The van der Waals surface area contributed by atoms with Gasteiger partial charge in [-0.1, -0.05) is 6.07 Å². The Morgan fingerprint density at radius 2 is 1.96 bits per heavy atom. The Labute approximate surface area is 149 Å². The smallest absolute Gasteiger partial charge is 0.387 e. The molecule has 1 amide bonds. The molecule has 1 aromatic heterocycles. The molecule has 0 atom stereocenters. The van der Waals surface area contributed by atoms with Crippen molar-refractivity contribution in [1.82, 2.24) is 9.71 Å². The Morgan fingerprint density at radius 3 is 2.58 bits per heavy atom. The zero-order chi connectivity index (χ0) is 19.3. The number of nitrogens with zero attached hydrogens (tertiary/aromatic N) is 1. The molecule has 26 heavy (non-hydrogen) atoms. The molecule has 0 fully saturated rings. The maximum atomic E-state index is 12.4. The highest BCUT2D eigenvalue weighted by Gasteiger charge is 2.20. The fourth-order valence-corrected chi connectivity index (χ4v) is 3.12. The number of carbonyl (C=O) groups excluding carboxylic acids is 1. The molecule has 0 unspecified atom stereocenters. The summed E-state index contributed by atoms with van der Waals surface area (Å²) in [6.07, 6.45) is 0.945. The van der Waals surface area contributed by atoms with Crippen molar-refractivity contribution >= 4 is 15.9 Å². The first-order valence-electron chi connectivity index (χ1n) is 7.31. The molecule has 1 aromatic carbocycles. The number of sulfonamides is 1. The van der Waals surface area contributed by atoms with Crippen LogP contribution in [-0.2, 0) is 21.2 Å². The first-order valence-corrected chi connectivity index (χ1v) is 8.79. The minimum Gasteiger partial charge on any atom is -0.493 e. The molecular weight excluding hydrogens is 370 g/mol. The van der Waals surface area contributed by atoms with Crippen LogP contribution in [0.3, 0.4) is 0 Å². The number of benzene rings is 1. The standard InChI is InChI=1S/C16H16F2N2O5S/c1-10-5-6-19-15(7-10)26(22,23)20-14(21)9-11-3-4-12(24-2)13(8-11)25-16(17)18/h3-8,16H,9H2,1-2H3,(H,20,21). The molecule has 0 aliphatic rings. The SMILES string of the molecule is COc1ccc(CC(=O)NS(=O)(=O)c2cc(C)ccn2)cc1OC(F)F. The second-order valence-corrected chi connectivity index (χ2v) is 6.87. The van der Waals surface area contributed by atoms with Crippen molar-refractivity contribution in [2.75, 3.05) is 7.11 Å². The van der Waals surface area contributed by atoms with Gasteiger partial charge in [-0.05, 0) is 42.3 Å². The quantitative estimate of drug-likeness (QED) is 0.783. The van der Waals surface area contributed by atoms with Crippen molar-refractivity contribution in [2.45, 2.75) is 25.0 Å². The largest absolute Gasteiger partial charge is 0.493 e. The molecule has 0 saturated heterocycles. The number of nitrogens with one attached hydrogen (secondary N) is 1. The summed E-state index contributed by atoms with van der Waals surface area (Å²) < 4.78 is 60.3. The van der Waals surface area contributed by atoms with E-state index in [0.717, 1.165) is 0 Å². The van der Waals surface area contributed by atoms with Crippen molar-refractivity contribution in [3.63, 3.8) is 0 Å². The van der Waals surface area contributed by atoms with Crippen LogP contribution >= 0.6 is 0 Å². The van der Waals surface area contributed by atoms with Gasteiger partial charge < -0.3 is 9.47 Å². The number of aromatic nitrogens is 1. The number of methoxy groups -OCH3 is 1. The van der Waals surface area contributed by atoms with E-state index in [1.54, 1.807) is 13.0 Å². The first kappa shape index (κ1) is 19.6. The highest BCUT2D eigenvalue weighted by Crippen LogP contribution is 2.29. The van der Waals surface area contributed by atoms with E-state index in [9.17, 15) is 22.0 Å². The summed E-state index contributed by atoms with van der Waals surface area (Å²) >= 11 is 0. The zero-order valence-electron chi connectivity index (χ0n) is 13.9. The fourth-order valence-electron chi connectivity index (χ4n) is 2.10. The van der Waals surface area contributed by atoms with Crippen molar-refractivity contribution in [3.8, 4) is 11.5 Å². The van der Waals surface area contributed by atoms with Crippen LogP contribution in [0.25, 0.3) is 0 Å². The Hall–Kier alpha value is -2.75. The van der Waals surface area contributed by atoms with Gasteiger partial charge >= 0.3 is 6.61 Å². The van der Waals surface area contributed by atoms with Crippen LogP contribution in [0.5, 0.6) is 11.5 Å². The number of hydrogen-bond donors (Lipinski definition) is 1. The number of hydrogen-bond acceptors (Lipinski definition) is 6. The summed E-state index contributed by atoms with van der Waals surface area (Å²) in [5, 5.41) is -0.290.